The van der Waals surface area contributed by atoms with E-state index < -0.39 is 17.6 Å². The molecule has 0 radical (unpaired) electrons. The third kappa shape index (κ3) is 3.31. The molecule has 0 bridgehead atoms. The lowest BCUT2D eigenvalue weighted by Gasteiger charge is -2.25. The first-order chi connectivity index (χ1) is 10.1. The molecule has 2 rings (SSSR count). The molecule has 0 saturated heterocycles. The lowest BCUT2D eigenvalue weighted by Crippen LogP contribution is -2.19. The zero-order valence-electron chi connectivity index (χ0n) is 12.4. The highest BCUT2D eigenvalue weighted by atomic mass is 19.1. The van der Waals surface area contributed by atoms with Crippen molar-refractivity contribution in [1.29, 1.82) is 0 Å². The van der Waals surface area contributed by atoms with Crippen LogP contribution in [0.3, 0.4) is 0 Å². The van der Waals surface area contributed by atoms with E-state index in [1.54, 1.807) is 0 Å². The van der Waals surface area contributed by atoms with Crippen LogP contribution in [-0.4, -0.2) is 13.1 Å². The van der Waals surface area contributed by atoms with Gasteiger partial charge in [0.05, 0.1) is 12.7 Å². The largest absolute Gasteiger partial charge is 0.465 e. The molecule has 1 aliphatic rings. The van der Waals surface area contributed by atoms with E-state index in [4.69, 9.17) is 0 Å². The van der Waals surface area contributed by atoms with Crippen molar-refractivity contribution in [3.8, 4) is 0 Å². The van der Waals surface area contributed by atoms with Crippen LogP contribution in [0.4, 0.5) is 8.78 Å². The second kappa shape index (κ2) is 6.83. The first-order valence-electron chi connectivity index (χ1n) is 7.27. The van der Waals surface area contributed by atoms with Crippen molar-refractivity contribution in [1.82, 2.24) is 0 Å². The minimum absolute atomic E-state index is 0.305. The molecule has 114 valence electrons. The molecule has 0 saturated carbocycles. The van der Waals surface area contributed by atoms with Gasteiger partial charge in [0, 0.05) is 0 Å². The summed E-state index contributed by atoms with van der Waals surface area (Å²) < 4.78 is 33.0. The number of allylic oxidation sites excluding steroid dienone is 2. The number of carbonyl (C=O) groups is 1. The molecule has 2 nitrogen and oxygen atoms in total. The molecule has 21 heavy (non-hydrogen) atoms. The maximum absolute atomic E-state index is 14.3. The van der Waals surface area contributed by atoms with Crippen LogP contribution in [0, 0.1) is 17.6 Å². The SMILES string of the molecule is CC=CCCC1CCc2c(F)c(C(=O)OC)cc(F)c2C1. The molecule has 1 atom stereocenters. The summed E-state index contributed by atoms with van der Waals surface area (Å²) in [6.07, 6.45) is 7.86. The number of ether oxygens (including phenoxy) is 1. The van der Waals surface area contributed by atoms with Gasteiger partial charge in [0.15, 0.2) is 0 Å². The fourth-order valence-corrected chi connectivity index (χ4v) is 2.94. The number of carbonyl (C=O) groups excluding carboxylic acids is 1. The number of hydrogen-bond donors (Lipinski definition) is 0. The molecule has 1 aromatic carbocycles. The Morgan fingerprint density at radius 2 is 2.19 bits per heavy atom. The van der Waals surface area contributed by atoms with E-state index in [-0.39, 0.29) is 5.56 Å². The van der Waals surface area contributed by atoms with Gasteiger partial charge in [0.1, 0.15) is 11.6 Å². The van der Waals surface area contributed by atoms with Crippen molar-refractivity contribution in [3.63, 3.8) is 0 Å². The summed E-state index contributed by atoms with van der Waals surface area (Å²) in [5.41, 5.74) is 0.468. The molecule has 0 aliphatic heterocycles. The third-order valence-electron chi connectivity index (χ3n) is 4.10. The van der Waals surface area contributed by atoms with Crippen LogP contribution < -0.4 is 0 Å². The maximum Gasteiger partial charge on any atom is 0.340 e. The molecule has 0 aromatic heterocycles. The van der Waals surface area contributed by atoms with Crippen LogP contribution in [0.2, 0.25) is 0 Å². The summed E-state index contributed by atoms with van der Waals surface area (Å²) in [5, 5.41) is 0. The van der Waals surface area contributed by atoms with E-state index in [9.17, 15) is 13.6 Å². The summed E-state index contributed by atoms with van der Waals surface area (Å²) in [6.45, 7) is 1.97. The summed E-state index contributed by atoms with van der Waals surface area (Å²) in [4.78, 5) is 11.5. The average molecular weight is 294 g/mol. The molecule has 0 N–H and O–H groups in total. The van der Waals surface area contributed by atoms with Crippen molar-refractivity contribution in [3.05, 3.63) is 46.5 Å². The summed E-state index contributed by atoms with van der Waals surface area (Å²) in [5.74, 6) is -1.58. The predicted octanol–water partition coefficient (Wildman–Crippen LogP) is 4.21. The number of esters is 1. The zero-order chi connectivity index (χ0) is 15.4. The first-order valence-corrected chi connectivity index (χ1v) is 7.27. The molecule has 1 aromatic rings. The molecule has 1 aliphatic carbocycles. The second-order valence-electron chi connectivity index (χ2n) is 5.42. The van der Waals surface area contributed by atoms with E-state index in [1.807, 2.05) is 13.0 Å². The van der Waals surface area contributed by atoms with E-state index in [0.717, 1.165) is 32.4 Å². The van der Waals surface area contributed by atoms with Crippen molar-refractivity contribution in [2.75, 3.05) is 7.11 Å². The number of rotatable bonds is 4. The van der Waals surface area contributed by atoms with Crippen molar-refractivity contribution < 1.29 is 18.3 Å². The Balaban J connectivity index is 2.25. The quantitative estimate of drug-likeness (QED) is 0.614. The van der Waals surface area contributed by atoms with Gasteiger partial charge in [-0.1, -0.05) is 12.2 Å². The molecule has 0 fully saturated rings. The number of methoxy groups -OCH3 is 1. The van der Waals surface area contributed by atoms with Gasteiger partial charge >= 0.3 is 5.97 Å². The molecule has 0 heterocycles. The van der Waals surface area contributed by atoms with Gasteiger partial charge in [-0.25, -0.2) is 13.6 Å². The van der Waals surface area contributed by atoms with Gasteiger partial charge < -0.3 is 4.74 Å². The highest BCUT2D eigenvalue weighted by Gasteiger charge is 2.27. The average Bonchev–Trinajstić information content (AvgIpc) is 2.50. The van der Waals surface area contributed by atoms with Crippen LogP contribution in [-0.2, 0) is 17.6 Å². The van der Waals surface area contributed by atoms with E-state index in [0.29, 0.717) is 29.9 Å². The summed E-state index contributed by atoms with van der Waals surface area (Å²) in [7, 11) is 1.16. The van der Waals surface area contributed by atoms with Crippen LogP contribution in [0.5, 0.6) is 0 Å². The Labute approximate surface area is 123 Å². The molecular formula is C17H20F2O2. The lowest BCUT2D eigenvalue weighted by molar-refractivity contribution is 0.0594. The molecule has 0 amide bonds. The minimum atomic E-state index is -0.829. The predicted molar refractivity (Wildman–Crippen MR) is 77.3 cm³/mol. The van der Waals surface area contributed by atoms with Gasteiger partial charge in [-0.05, 0) is 62.1 Å². The van der Waals surface area contributed by atoms with Crippen LogP contribution >= 0.6 is 0 Å². The summed E-state index contributed by atoms with van der Waals surface area (Å²) in [6, 6.07) is 0.967. The number of hydrogen-bond acceptors (Lipinski definition) is 2. The van der Waals surface area contributed by atoms with Crippen LogP contribution in [0.1, 0.15) is 47.7 Å². The summed E-state index contributed by atoms with van der Waals surface area (Å²) >= 11 is 0. The Kier molecular flexibility index (Phi) is 5.10. The highest BCUT2D eigenvalue weighted by molar-refractivity contribution is 5.90. The minimum Gasteiger partial charge on any atom is -0.465 e. The second-order valence-corrected chi connectivity index (χ2v) is 5.42. The van der Waals surface area contributed by atoms with Gasteiger partial charge in [-0.15, -0.1) is 0 Å². The number of fused-ring (bicyclic) bond motifs is 1. The van der Waals surface area contributed by atoms with Gasteiger partial charge in [-0.3, -0.25) is 0 Å². The zero-order valence-corrected chi connectivity index (χ0v) is 12.4. The maximum atomic E-state index is 14.3. The topological polar surface area (TPSA) is 26.3 Å². The Morgan fingerprint density at radius 1 is 1.43 bits per heavy atom. The Hall–Kier alpha value is -1.71. The molecule has 0 spiro atoms. The molecule has 4 heteroatoms. The van der Waals surface area contributed by atoms with Gasteiger partial charge in [-0.2, -0.15) is 0 Å². The number of benzene rings is 1. The van der Waals surface area contributed by atoms with Crippen molar-refractivity contribution in [2.45, 2.75) is 39.0 Å². The standard InChI is InChI=1S/C17H20F2O2/c1-3-4-5-6-11-7-8-12-13(9-11)15(18)10-14(16(12)19)17(20)21-2/h3-4,10-11H,5-9H2,1-2H3. The smallest absolute Gasteiger partial charge is 0.340 e. The normalized spacial score (nSPS) is 17.8. The first kappa shape index (κ1) is 15.7. The van der Waals surface area contributed by atoms with Gasteiger partial charge in [0.2, 0.25) is 0 Å². The third-order valence-corrected chi connectivity index (χ3v) is 4.10. The van der Waals surface area contributed by atoms with Crippen molar-refractivity contribution in [2.24, 2.45) is 5.92 Å². The number of halogens is 2. The van der Waals surface area contributed by atoms with Crippen LogP contribution in [0.15, 0.2) is 18.2 Å². The highest BCUT2D eigenvalue weighted by Crippen LogP contribution is 2.33. The van der Waals surface area contributed by atoms with E-state index in [1.165, 1.54) is 0 Å². The Bertz CT molecular complexity index is 564. The van der Waals surface area contributed by atoms with Crippen molar-refractivity contribution >= 4 is 5.97 Å². The lowest BCUT2D eigenvalue weighted by atomic mass is 9.80. The fraction of sp³-hybridized carbons (Fsp3) is 0.471. The van der Waals surface area contributed by atoms with Crippen LogP contribution in [0.25, 0.3) is 0 Å². The van der Waals surface area contributed by atoms with Gasteiger partial charge in [0.25, 0.3) is 0 Å². The molecular weight excluding hydrogens is 274 g/mol. The Morgan fingerprint density at radius 3 is 2.86 bits per heavy atom. The van der Waals surface area contributed by atoms with E-state index >= 15 is 0 Å². The molecule has 1 unspecified atom stereocenters. The monoisotopic (exact) mass is 294 g/mol. The van der Waals surface area contributed by atoms with E-state index in [2.05, 4.69) is 10.8 Å². The fourth-order valence-electron chi connectivity index (χ4n) is 2.94.